The quantitative estimate of drug-likeness (QED) is 0.783. The van der Waals surface area contributed by atoms with Gasteiger partial charge in [0, 0.05) is 32.2 Å². The van der Waals surface area contributed by atoms with Gasteiger partial charge in [0.25, 0.3) is 5.91 Å². The van der Waals surface area contributed by atoms with Crippen LogP contribution in [-0.4, -0.2) is 57.1 Å². The van der Waals surface area contributed by atoms with Crippen molar-refractivity contribution in [2.24, 2.45) is 11.8 Å². The summed E-state index contributed by atoms with van der Waals surface area (Å²) in [6.45, 7) is 11.1. The average molecular weight is 361 g/mol. The Morgan fingerprint density at radius 2 is 2.04 bits per heavy atom. The number of hydrogen-bond donors (Lipinski definition) is 0. The number of piperidine rings is 1. The number of hydrogen-bond acceptors (Lipinski definition) is 3. The summed E-state index contributed by atoms with van der Waals surface area (Å²) in [5.74, 6) is 0.727. The number of rotatable bonds is 6. The van der Waals surface area contributed by atoms with Gasteiger partial charge in [0.15, 0.2) is 0 Å². The second kappa shape index (κ2) is 7.80. The van der Waals surface area contributed by atoms with E-state index in [-0.39, 0.29) is 23.8 Å². The van der Waals surface area contributed by atoms with Gasteiger partial charge in [-0.05, 0) is 44.6 Å². The first-order valence-electron chi connectivity index (χ1n) is 10.1. The summed E-state index contributed by atoms with van der Waals surface area (Å²) in [5.41, 5.74) is 1.64. The molecule has 0 radical (unpaired) electrons. The molecule has 3 aliphatic rings. The molecule has 1 aromatic rings. The van der Waals surface area contributed by atoms with Crippen molar-refractivity contribution in [2.45, 2.75) is 66.0 Å². The number of amides is 2. The van der Waals surface area contributed by atoms with Crippen LogP contribution in [0, 0.1) is 11.8 Å². The van der Waals surface area contributed by atoms with Crippen LogP contribution in [0.2, 0.25) is 0 Å². The zero-order valence-electron chi connectivity index (χ0n) is 16.6. The zero-order chi connectivity index (χ0) is 18.8. The number of nitrogens with zero attached hydrogens (tertiary/aromatic N) is 4. The predicted molar refractivity (Wildman–Crippen MR) is 101 cm³/mol. The van der Waals surface area contributed by atoms with E-state index < -0.39 is 0 Å². The summed E-state index contributed by atoms with van der Waals surface area (Å²) in [4.78, 5) is 29.9. The van der Waals surface area contributed by atoms with Crippen molar-refractivity contribution in [3.8, 4) is 0 Å². The van der Waals surface area contributed by atoms with E-state index in [2.05, 4.69) is 25.9 Å². The lowest BCUT2D eigenvalue weighted by Gasteiger charge is -2.35. The zero-order valence-corrected chi connectivity index (χ0v) is 16.6. The van der Waals surface area contributed by atoms with Crippen molar-refractivity contribution in [3.63, 3.8) is 0 Å². The highest BCUT2D eigenvalue weighted by atomic mass is 16.2. The molecule has 0 aromatic carbocycles. The van der Waals surface area contributed by atoms with Crippen molar-refractivity contribution >= 4 is 11.8 Å². The van der Waals surface area contributed by atoms with Crippen molar-refractivity contribution in [1.29, 1.82) is 0 Å². The highest BCUT2D eigenvalue weighted by Crippen LogP contribution is 2.30. The third-order valence-corrected chi connectivity index (χ3v) is 5.51. The highest BCUT2D eigenvalue weighted by molar-refractivity contribution is 5.93. The SMILES string of the molecule is CCCN1C(=O)C2CCC1CN(C(=O)c1cc(CC(C)C)nn1CC)C2. The summed E-state index contributed by atoms with van der Waals surface area (Å²) >= 11 is 0. The van der Waals surface area contributed by atoms with Gasteiger partial charge in [-0.1, -0.05) is 20.8 Å². The van der Waals surface area contributed by atoms with Gasteiger partial charge in [-0.25, -0.2) is 0 Å². The number of aryl methyl sites for hydroxylation is 1. The topological polar surface area (TPSA) is 58.4 Å². The van der Waals surface area contributed by atoms with Gasteiger partial charge in [0.2, 0.25) is 5.91 Å². The van der Waals surface area contributed by atoms with E-state index in [1.165, 1.54) is 0 Å². The Bertz CT molecular complexity index is 667. The molecule has 4 rings (SSSR count). The monoisotopic (exact) mass is 360 g/mol. The maximum absolute atomic E-state index is 13.3. The molecule has 4 heterocycles. The first kappa shape index (κ1) is 18.9. The Morgan fingerprint density at radius 3 is 2.69 bits per heavy atom. The third kappa shape index (κ3) is 3.64. The van der Waals surface area contributed by atoms with E-state index in [4.69, 9.17) is 0 Å². The summed E-state index contributed by atoms with van der Waals surface area (Å²) in [5, 5.41) is 4.61. The molecule has 6 nitrogen and oxygen atoms in total. The fourth-order valence-corrected chi connectivity index (χ4v) is 4.30. The van der Waals surface area contributed by atoms with Gasteiger partial charge in [0.05, 0.1) is 11.6 Å². The number of carbonyl (C=O) groups is 2. The van der Waals surface area contributed by atoms with Crippen LogP contribution in [0.5, 0.6) is 0 Å². The van der Waals surface area contributed by atoms with Crippen LogP contribution in [0.1, 0.15) is 63.1 Å². The van der Waals surface area contributed by atoms with Gasteiger partial charge >= 0.3 is 0 Å². The summed E-state index contributed by atoms with van der Waals surface area (Å²) < 4.78 is 1.82. The summed E-state index contributed by atoms with van der Waals surface area (Å²) in [6.07, 6.45) is 3.75. The Balaban J connectivity index is 1.82. The molecule has 0 saturated carbocycles. The Labute approximate surface area is 156 Å². The number of carbonyl (C=O) groups excluding carboxylic acids is 2. The standard InChI is InChI=1S/C20H32N4O2/c1-5-9-23-17-8-7-15(19(23)25)12-22(13-17)20(26)18-11-16(10-14(3)4)21-24(18)6-2/h11,14-15,17H,5-10,12-13H2,1-4H3. The van der Waals surface area contributed by atoms with Crippen LogP contribution in [0.4, 0.5) is 0 Å². The maximum atomic E-state index is 13.3. The third-order valence-electron chi connectivity index (χ3n) is 5.51. The molecule has 144 valence electrons. The van der Waals surface area contributed by atoms with Gasteiger partial charge in [-0.2, -0.15) is 5.10 Å². The number of fused-ring (bicyclic) bond motifs is 4. The highest BCUT2D eigenvalue weighted by Gasteiger charge is 2.42. The molecule has 2 atom stereocenters. The molecule has 6 heteroatoms. The minimum Gasteiger partial charge on any atom is -0.338 e. The molecule has 3 aliphatic heterocycles. The van der Waals surface area contributed by atoms with Crippen LogP contribution in [0.3, 0.4) is 0 Å². The molecule has 3 fully saturated rings. The Hall–Kier alpha value is -1.85. The van der Waals surface area contributed by atoms with Gasteiger partial charge in [0.1, 0.15) is 5.69 Å². The van der Waals surface area contributed by atoms with Crippen molar-refractivity contribution in [1.82, 2.24) is 19.6 Å². The fraction of sp³-hybridized carbons (Fsp3) is 0.750. The molecule has 3 saturated heterocycles. The van der Waals surface area contributed by atoms with Crippen LogP contribution in [0.15, 0.2) is 6.07 Å². The normalized spacial score (nSPS) is 23.0. The average Bonchev–Trinajstić information content (AvgIpc) is 2.80. The molecular weight excluding hydrogens is 328 g/mol. The second-order valence-corrected chi connectivity index (χ2v) is 8.10. The van der Waals surface area contributed by atoms with Gasteiger partial charge in [-0.15, -0.1) is 0 Å². The van der Waals surface area contributed by atoms with E-state index >= 15 is 0 Å². The lowest BCUT2D eigenvalue weighted by molar-refractivity contribution is -0.139. The van der Waals surface area contributed by atoms with Crippen LogP contribution < -0.4 is 0 Å². The van der Waals surface area contributed by atoms with E-state index in [9.17, 15) is 9.59 Å². The molecule has 0 N–H and O–H groups in total. The second-order valence-electron chi connectivity index (χ2n) is 8.10. The van der Waals surface area contributed by atoms with Crippen LogP contribution in [-0.2, 0) is 17.8 Å². The summed E-state index contributed by atoms with van der Waals surface area (Å²) in [7, 11) is 0. The van der Waals surface area contributed by atoms with E-state index in [0.717, 1.165) is 37.9 Å². The van der Waals surface area contributed by atoms with Gasteiger partial charge < -0.3 is 9.80 Å². The molecule has 2 amide bonds. The van der Waals surface area contributed by atoms with Crippen LogP contribution in [0.25, 0.3) is 0 Å². The number of aromatic nitrogens is 2. The Morgan fingerprint density at radius 1 is 1.27 bits per heavy atom. The fourth-order valence-electron chi connectivity index (χ4n) is 4.30. The minimum atomic E-state index is -0.0441. The van der Waals surface area contributed by atoms with E-state index in [1.54, 1.807) is 0 Å². The molecule has 2 unspecified atom stereocenters. The molecule has 0 spiro atoms. The first-order valence-corrected chi connectivity index (χ1v) is 10.1. The molecule has 0 aliphatic carbocycles. The molecule has 1 aromatic heterocycles. The largest absolute Gasteiger partial charge is 0.338 e. The lowest BCUT2D eigenvalue weighted by atomic mass is 9.94. The van der Waals surface area contributed by atoms with Crippen molar-refractivity contribution in [2.75, 3.05) is 19.6 Å². The van der Waals surface area contributed by atoms with Crippen molar-refractivity contribution < 1.29 is 9.59 Å². The van der Waals surface area contributed by atoms with Crippen LogP contribution >= 0.6 is 0 Å². The van der Waals surface area contributed by atoms with E-state index in [0.29, 0.717) is 31.2 Å². The first-order chi connectivity index (χ1) is 12.4. The summed E-state index contributed by atoms with van der Waals surface area (Å²) in [6, 6.07) is 2.11. The molecule has 26 heavy (non-hydrogen) atoms. The van der Waals surface area contributed by atoms with Crippen molar-refractivity contribution in [3.05, 3.63) is 17.5 Å². The molecule has 2 bridgehead atoms. The molecular formula is C20H32N4O2. The van der Waals surface area contributed by atoms with Gasteiger partial charge in [-0.3, -0.25) is 14.3 Å². The lowest BCUT2D eigenvalue weighted by Crippen LogP contribution is -2.48. The minimum absolute atomic E-state index is 0.0254. The smallest absolute Gasteiger partial charge is 0.272 e. The predicted octanol–water partition coefficient (Wildman–Crippen LogP) is 2.57. The van der Waals surface area contributed by atoms with E-state index in [1.807, 2.05) is 27.5 Å². The Kier molecular flexibility index (Phi) is 5.68. The maximum Gasteiger partial charge on any atom is 0.272 e.